The van der Waals surface area contributed by atoms with Gasteiger partial charge in [-0.3, -0.25) is 9.59 Å². The van der Waals surface area contributed by atoms with Crippen LogP contribution in [0.3, 0.4) is 0 Å². The highest BCUT2D eigenvalue weighted by Crippen LogP contribution is 2.18. The predicted molar refractivity (Wildman–Crippen MR) is 113 cm³/mol. The van der Waals surface area contributed by atoms with Crippen molar-refractivity contribution in [2.24, 2.45) is 0 Å². The fourth-order valence-electron chi connectivity index (χ4n) is 3.09. The molecule has 0 bridgehead atoms. The van der Waals surface area contributed by atoms with E-state index in [9.17, 15) is 9.59 Å². The molecule has 6 heteroatoms. The monoisotopic (exact) mass is 389 g/mol. The van der Waals surface area contributed by atoms with Crippen LogP contribution in [0.15, 0.2) is 72.2 Å². The summed E-state index contributed by atoms with van der Waals surface area (Å²) in [4.78, 5) is 28.5. The van der Waals surface area contributed by atoms with Crippen molar-refractivity contribution in [2.45, 2.75) is 6.42 Å². The Balaban J connectivity index is 1.36. The van der Waals surface area contributed by atoms with Crippen LogP contribution < -0.4 is 10.6 Å². The van der Waals surface area contributed by atoms with E-state index in [1.54, 1.807) is 30.3 Å². The first-order valence-electron chi connectivity index (χ1n) is 8.99. The van der Waals surface area contributed by atoms with E-state index in [1.807, 2.05) is 35.8 Å². The molecule has 2 amide bonds. The summed E-state index contributed by atoms with van der Waals surface area (Å²) in [6, 6.07) is 18.7. The summed E-state index contributed by atoms with van der Waals surface area (Å²) in [5.41, 5.74) is 3.39. The number of rotatable bonds is 6. The van der Waals surface area contributed by atoms with E-state index in [2.05, 4.69) is 21.7 Å². The zero-order valence-electron chi connectivity index (χ0n) is 15.1. The van der Waals surface area contributed by atoms with Crippen LogP contribution in [-0.2, 0) is 6.42 Å². The number of hydrogen-bond acceptors (Lipinski definition) is 3. The lowest BCUT2D eigenvalue weighted by molar-refractivity contribution is 0.0952. The zero-order valence-corrected chi connectivity index (χ0v) is 15.9. The number of aromatic nitrogens is 1. The SMILES string of the molecule is O=C(NCCc1c[nH]c2ccccc12)c1cccc(NC(=O)c2cccs2)c1. The molecule has 28 heavy (non-hydrogen) atoms. The maximum atomic E-state index is 12.5. The lowest BCUT2D eigenvalue weighted by Crippen LogP contribution is -2.25. The quantitative estimate of drug-likeness (QED) is 0.456. The van der Waals surface area contributed by atoms with Crippen LogP contribution in [0.2, 0.25) is 0 Å². The van der Waals surface area contributed by atoms with Crippen LogP contribution in [-0.4, -0.2) is 23.3 Å². The van der Waals surface area contributed by atoms with Crippen LogP contribution in [0.25, 0.3) is 10.9 Å². The van der Waals surface area contributed by atoms with Crippen molar-refractivity contribution >= 4 is 39.7 Å². The average Bonchev–Trinajstić information content (AvgIpc) is 3.39. The molecule has 3 N–H and O–H groups in total. The number of benzene rings is 2. The lowest BCUT2D eigenvalue weighted by atomic mass is 10.1. The van der Waals surface area contributed by atoms with Crippen molar-refractivity contribution in [3.63, 3.8) is 0 Å². The van der Waals surface area contributed by atoms with Gasteiger partial charge in [0.15, 0.2) is 0 Å². The summed E-state index contributed by atoms with van der Waals surface area (Å²) in [5.74, 6) is -0.334. The Hall–Kier alpha value is -3.38. The highest BCUT2D eigenvalue weighted by atomic mass is 32.1. The maximum Gasteiger partial charge on any atom is 0.265 e. The molecule has 2 aromatic heterocycles. The van der Waals surface area contributed by atoms with Crippen molar-refractivity contribution in [3.8, 4) is 0 Å². The standard InChI is InChI=1S/C22H19N3O2S/c26-21(23-11-10-16-14-24-19-8-2-1-7-18(16)19)15-5-3-6-17(13-15)25-22(27)20-9-4-12-28-20/h1-9,12-14,24H,10-11H2,(H,23,26)(H,25,27). The Labute approximate surface area is 166 Å². The van der Waals surface area contributed by atoms with Gasteiger partial charge in [0.1, 0.15) is 0 Å². The minimum absolute atomic E-state index is 0.160. The second-order valence-corrected chi connectivity index (χ2v) is 7.33. The van der Waals surface area contributed by atoms with Gasteiger partial charge in [-0.15, -0.1) is 11.3 Å². The third kappa shape index (κ3) is 3.97. The second-order valence-electron chi connectivity index (χ2n) is 6.38. The zero-order chi connectivity index (χ0) is 19.3. The molecule has 0 fully saturated rings. The Morgan fingerprint density at radius 3 is 2.71 bits per heavy atom. The molecule has 0 saturated carbocycles. The van der Waals surface area contributed by atoms with E-state index in [0.717, 1.165) is 11.9 Å². The van der Waals surface area contributed by atoms with Gasteiger partial charge in [0.2, 0.25) is 0 Å². The predicted octanol–water partition coefficient (Wildman–Crippen LogP) is 4.45. The molecule has 4 rings (SSSR count). The molecule has 2 aromatic carbocycles. The minimum atomic E-state index is -0.174. The van der Waals surface area contributed by atoms with E-state index < -0.39 is 0 Å². The number of carbonyl (C=O) groups is 2. The average molecular weight is 389 g/mol. The molecular weight excluding hydrogens is 370 g/mol. The van der Waals surface area contributed by atoms with Crippen LogP contribution in [0.5, 0.6) is 0 Å². The van der Waals surface area contributed by atoms with Gasteiger partial charge in [-0.25, -0.2) is 0 Å². The van der Waals surface area contributed by atoms with Gasteiger partial charge in [0.05, 0.1) is 4.88 Å². The largest absolute Gasteiger partial charge is 0.361 e. The van der Waals surface area contributed by atoms with Crippen molar-refractivity contribution in [1.82, 2.24) is 10.3 Å². The van der Waals surface area contributed by atoms with Crippen LogP contribution in [0.4, 0.5) is 5.69 Å². The molecule has 0 aliphatic carbocycles. The fourth-order valence-corrected chi connectivity index (χ4v) is 3.71. The maximum absolute atomic E-state index is 12.5. The molecule has 0 aliphatic rings. The van der Waals surface area contributed by atoms with Crippen LogP contribution >= 0.6 is 11.3 Å². The Bertz CT molecular complexity index is 1120. The van der Waals surface area contributed by atoms with E-state index in [4.69, 9.17) is 0 Å². The first kappa shape index (κ1) is 18.0. The number of fused-ring (bicyclic) bond motifs is 1. The number of carbonyl (C=O) groups excluding carboxylic acids is 2. The molecule has 5 nitrogen and oxygen atoms in total. The van der Waals surface area contributed by atoms with Crippen LogP contribution in [0, 0.1) is 0 Å². The smallest absolute Gasteiger partial charge is 0.265 e. The molecule has 0 spiro atoms. The molecule has 0 radical (unpaired) electrons. The molecule has 0 unspecified atom stereocenters. The number of para-hydroxylation sites is 1. The minimum Gasteiger partial charge on any atom is -0.361 e. The summed E-state index contributed by atoms with van der Waals surface area (Å²) in [5, 5.41) is 8.80. The first-order chi connectivity index (χ1) is 13.7. The Morgan fingerprint density at radius 1 is 0.964 bits per heavy atom. The topological polar surface area (TPSA) is 74.0 Å². The third-order valence-electron chi connectivity index (χ3n) is 4.48. The van der Waals surface area contributed by atoms with Gasteiger partial charge in [-0.1, -0.05) is 30.3 Å². The van der Waals surface area contributed by atoms with E-state index >= 15 is 0 Å². The number of hydrogen-bond donors (Lipinski definition) is 3. The summed E-state index contributed by atoms with van der Waals surface area (Å²) in [7, 11) is 0. The van der Waals surface area contributed by atoms with Crippen molar-refractivity contribution in [3.05, 3.63) is 88.2 Å². The highest BCUT2D eigenvalue weighted by Gasteiger charge is 2.10. The summed E-state index contributed by atoms with van der Waals surface area (Å²) >= 11 is 1.38. The van der Waals surface area contributed by atoms with E-state index in [0.29, 0.717) is 22.7 Å². The van der Waals surface area contributed by atoms with E-state index in [-0.39, 0.29) is 11.8 Å². The van der Waals surface area contributed by atoms with Crippen molar-refractivity contribution in [2.75, 3.05) is 11.9 Å². The highest BCUT2D eigenvalue weighted by molar-refractivity contribution is 7.12. The molecule has 0 saturated heterocycles. The van der Waals surface area contributed by atoms with Gasteiger partial charge in [-0.2, -0.15) is 0 Å². The van der Waals surface area contributed by atoms with Gasteiger partial charge in [-0.05, 0) is 47.7 Å². The number of nitrogens with one attached hydrogen (secondary N) is 3. The Kier molecular flexibility index (Phi) is 5.21. The normalized spacial score (nSPS) is 10.7. The van der Waals surface area contributed by atoms with Crippen molar-refractivity contribution < 1.29 is 9.59 Å². The summed E-state index contributed by atoms with van der Waals surface area (Å²) in [6.45, 7) is 0.534. The van der Waals surface area contributed by atoms with Gasteiger partial charge >= 0.3 is 0 Å². The molecule has 2 heterocycles. The van der Waals surface area contributed by atoms with Gasteiger partial charge < -0.3 is 15.6 Å². The first-order valence-corrected chi connectivity index (χ1v) is 9.87. The Morgan fingerprint density at radius 2 is 1.86 bits per heavy atom. The molecule has 0 atom stereocenters. The second kappa shape index (κ2) is 8.10. The molecule has 4 aromatic rings. The summed E-state index contributed by atoms with van der Waals surface area (Å²) in [6.07, 6.45) is 2.72. The number of amides is 2. The molecular formula is C22H19N3O2S. The van der Waals surface area contributed by atoms with Gasteiger partial charge in [0, 0.05) is 34.9 Å². The lowest BCUT2D eigenvalue weighted by Gasteiger charge is -2.08. The number of aromatic amines is 1. The fraction of sp³-hybridized carbons (Fsp3) is 0.0909. The van der Waals surface area contributed by atoms with E-state index in [1.165, 1.54) is 22.3 Å². The molecule has 140 valence electrons. The third-order valence-corrected chi connectivity index (χ3v) is 5.35. The summed E-state index contributed by atoms with van der Waals surface area (Å²) < 4.78 is 0. The van der Waals surface area contributed by atoms with Crippen LogP contribution in [0.1, 0.15) is 25.6 Å². The number of H-pyrrole nitrogens is 1. The number of anilines is 1. The molecule has 0 aliphatic heterocycles. The van der Waals surface area contributed by atoms with Gasteiger partial charge in [0.25, 0.3) is 11.8 Å². The number of thiophene rings is 1. The van der Waals surface area contributed by atoms with Crippen molar-refractivity contribution in [1.29, 1.82) is 0 Å².